The van der Waals surface area contributed by atoms with Crippen molar-refractivity contribution in [1.29, 1.82) is 0 Å². The molecule has 0 atom stereocenters. The smallest absolute Gasteiger partial charge is 0.229 e. The topological polar surface area (TPSA) is 59.5 Å². The molecule has 1 aromatic heterocycles. The highest BCUT2D eigenvalue weighted by atomic mass is 16.5. The predicted octanol–water partition coefficient (Wildman–Crippen LogP) is 4.26. The molecule has 0 fully saturated rings. The lowest BCUT2D eigenvalue weighted by Gasteiger charge is -2.22. The zero-order valence-corrected chi connectivity index (χ0v) is 15.8. The van der Waals surface area contributed by atoms with E-state index in [0.29, 0.717) is 11.7 Å². The molecular weight excluding hydrogens is 340 g/mol. The summed E-state index contributed by atoms with van der Waals surface area (Å²) in [5, 5.41) is 3.23. The molecule has 140 valence electrons. The van der Waals surface area contributed by atoms with Crippen LogP contribution >= 0.6 is 0 Å². The molecule has 1 heterocycles. The second-order valence-corrected chi connectivity index (χ2v) is 5.93. The van der Waals surface area contributed by atoms with Crippen LogP contribution in [-0.4, -0.2) is 30.7 Å². The van der Waals surface area contributed by atoms with Gasteiger partial charge in [0.25, 0.3) is 0 Å². The van der Waals surface area contributed by atoms with E-state index in [1.165, 1.54) is 5.56 Å². The molecule has 27 heavy (non-hydrogen) atoms. The number of hydrogen-bond donors (Lipinski definition) is 1. The quantitative estimate of drug-likeness (QED) is 0.644. The van der Waals surface area contributed by atoms with Crippen molar-refractivity contribution in [2.45, 2.75) is 13.5 Å². The summed E-state index contributed by atoms with van der Waals surface area (Å²) in [4.78, 5) is 11.2. The lowest BCUT2D eigenvalue weighted by Crippen LogP contribution is -2.23. The van der Waals surface area contributed by atoms with Crippen LogP contribution in [0.2, 0.25) is 0 Å². The lowest BCUT2D eigenvalue weighted by molar-refractivity contribution is 0.405. The van der Waals surface area contributed by atoms with E-state index in [0.717, 1.165) is 30.3 Å². The van der Waals surface area contributed by atoms with Crippen molar-refractivity contribution in [2.75, 3.05) is 31.0 Å². The minimum absolute atomic E-state index is 0.505. The van der Waals surface area contributed by atoms with Crippen LogP contribution in [-0.2, 0) is 6.54 Å². The molecule has 0 saturated heterocycles. The first-order valence-electron chi connectivity index (χ1n) is 8.84. The number of ether oxygens (including phenoxy) is 2. The molecule has 0 spiro atoms. The number of hydrogen-bond acceptors (Lipinski definition) is 6. The number of rotatable bonds is 8. The molecule has 6 heteroatoms. The molecule has 6 nitrogen and oxygen atoms in total. The highest BCUT2D eigenvalue weighted by Gasteiger charge is 2.11. The summed E-state index contributed by atoms with van der Waals surface area (Å²) in [6.45, 7) is 3.74. The Hall–Kier alpha value is -3.28. The minimum Gasteiger partial charge on any atom is -0.497 e. The van der Waals surface area contributed by atoms with E-state index in [1.807, 2.05) is 42.5 Å². The Morgan fingerprint density at radius 3 is 2.52 bits per heavy atom. The number of methoxy groups -OCH3 is 2. The molecule has 2 aromatic carbocycles. The Morgan fingerprint density at radius 2 is 1.81 bits per heavy atom. The van der Waals surface area contributed by atoms with Crippen LogP contribution < -0.4 is 19.7 Å². The van der Waals surface area contributed by atoms with Crippen LogP contribution in [0.5, 0.6) is 11.5 Å². The number of nitrogens with zero attached hydrogens (tertiary/aromatic N) is 3. The van der Waals surface area contributed by atoms with Gasteiger partial charge in [0.1, 0.15) is 17.3 Å². The highest BCUT2D eigenvalue weighted by molar-refractivity contribution is 5.65. The average molecular weight is 364 g/mol. The number of benzene rings is 2. The monoisotopic (exact) mass is 364 g/mol. The Bertz CT molecular complexity index is 871. The maximum Gasteiger partial charge on any atom is 0.229 e. The van der Waals surface area contributed by atoms with Gasteiger partial charge in [0, 0.05) is 25.4 Å². The Kier molecular flexibility index (Phi) is 6.10. The Labute approximate surface area is 159 Å². The molecule has 3 aromatic rings. The Balaban J connectivity index is 1.83. The molecule has 0 aliphatic heterocycles. The second-order valence-electron chi connectivity index (χ2n) is 5.93. The summed E-state index contributed by atoms with van der Waals surface area (Å²) in [7, 11) is 3.26. The fourth-order valence-corrected chi connectivity index (χ4v) is 2.78. The van der Waals surface area contributed by atoms with Crippen molar-refractivity contribution in [1.82, 2.24) is 9.97 Å². The SMILES string of the molecule is CCN(Cc1ccccc1)c1ccnc(Nc2cc(OC)ccc2OC)n1. The van der Waals surface area contributed by atoms with Gasteiger partial charge < -0.3 is 19.7 Å². The maximum atomic E-state index is 5.41. The molecule has 0 unspecified atom stereocenters. The van der Waals surface area contributed by atoms with Gasteiger partial charge >= 0.3 is 0 Å². The van der Waals surface area contributed by atoms with E-state index < -0.39 is 0 Å². The van der Waals surface area contributed by atoms with Crippen LogP contribution in [0.4, 0.5) is 17.5 Å². The van der Waals surface area contributed by atoms with E-state index in [4.69, 9.17) is 9.47 Å². The third kappa shape index (κ3) is 4.67. The van der Waals surface area contributed by atoms with Crippen molar-refractivity contribution in [3.63, 3.8) is 0 Å². The van der Waals surface area contributed by atoms with Gasteiger partial charge in [0.05, 0.1) is 19.9 Å². The first-order valence-corrected chi connectivity index (χ1v) is 8.84. The molecular formula is C21H24N4O2. The first-order chi connectivity index (χ1) is 13.2. The van der Waals surface area contributed by atoms with E-state index in [9.17, 15) is 0 Å². The van der Waals surface area contributed by atoms with E-state index in [1.54, 1.807) is 20.4 Å². The van der Waals surface area contributed by atoms with Crippen molar-refractivity contribution in [2.24, 2.45) is 0 Å². The number of anilines is 3. The molecule has 0 aliphatic rings. The van der Waals surface area contributed by atoms with Crippen LogP contribution in [0, 0.1) is 0 Å². The summed E-state index contributed by atoms with van der Waals surface area (Å²) in [5.74, 6) is 2.79. The largest absolute Gasteiger partial charge is 0.497 e. The van der Waals surface area contributed by atoms with Gasteiger partial charge in [-0.2, -0.15) is 4.98 Å². The fourth-order valence-electron chi connectivity index (χ4n) is 2.78. The van der Waals surface area contributed by atoms with Crippen LogP contribution in [0.3, 0.4) is 0 Å². The van der Waals surface area contributed by atoms with Crippen LogP contribution in [0.1, 0.15) is 12.5 Å². The van der Waals surface area contributed by atoms with Gasteiger partial charge in [-0.1, -0.05) is 30.3 Å². The van der Waals surface area contributed by atoms with Gasteiger partial charge in [-0.25, -0.2) is 4.98 Å². The molecule has 0 bridgehead atoms. The predicted molar refractivity (Wildman–Crippen MR) is 108 cm³/mol. The molecule has 0 aliphatic carbocycles. The van der Waals surface area contributed by atoms with E-state index >= 15 is 0 Å². The van der Waals surface area contributed by atoms with Crippen LogP contribution in [0.25, 0.3) is 0 Å². The Morgan fingerprint density at radius 1 is 1.00 bits per heavy atom. The van der Waals surface area contributed by atoms with Crippen molar-refractivity contribution >= 4 is 17.5 Å². The zero-order chi connectivity index (χ0) is 19.1. The summed E-state index contributed by atoms with van der Waals surface area (Å²) in [5.41, 5.74) is 1.99. The molecule has 0 amide bonds. The van der Waals surface area contributed by atoms with Crippen LogP contribution in [0.15, 0.2) is 60.8 Å². The average Bonchev–Trinajstić information content (AvgIpc) is 2.73. The summed E-state index contributed by atoms with van der Waals surface area (Å²) >= 11 is 0. The van der Waals surface area contributed by atoms with Gasteiger partial charge in [0.15, 0.2) is 0 Å². The van der Waals surface area contributed by atoms with Crippen molar-refractivity contribution in [3.05, 3.63) is 66.4 Å². The van der Waals surface area contributed by atoms with Gasteiger partial charge in [0.2, 0.25) is 5.95 Å². The molecule has 0 radical (unpaired) electrons. The second kappa shape index (κ2) is 8.89. The third-order valence-electron chi connectivity index (χ3n) is 4.22. The van der Waals surface area contributed by atoms with Gasteiger partial charge in [-0.15, -0.1) is 0 Å². The number of aromatic nitrogens is 2. The zero-order valence-electron chi connectivity index (χ0n) is 15.8. The molecule has 3 rings (SSSR count). The summed E-state index contributed by atoms with van der Waals surface area (Å²) < 4.78 is 10.7. The van der Waals surface area contributed by atoms with Gasteiger partial charge in [-0.3, -0.25) is 0 Å². The number of nitrogens with one attached hydrogen (secondary N) is 1. The molecule has 0 saturated carbocycles. The third-order valence-corrected chi connectivity index (χ3v) is 4.22. The lowest BCUT2D eigenvalue weighted by atomic mass is 10.2. The van der Waals surface area contributed by atoms with Crippen molar-refractivity contribution < 1.29 is 9.47 Å². The first kappa shape index (κ1) is 18.5. The summed E-state index contributed by atoms with van der Waals surface area (Å²) in [6, 6.07) is 17.8. The molecule has 1 N–H and O–H groups in total. The maximum absolute atomic E-state index is 5.41. The summed E-state index contributed by atoms with van der Waals surface area (Å²) in [6.07, 6.45) is 1.75. The van der Waals surface area contributed by atoms with E-state index in [2.05, 4.69) is 39.2 Å². The normalized spacial score (nSPS) is 10.3. The standard InChI is InChI=1S/C21H24N4O2/c1-4-25(15-16-8-6-5-7-9-16)20-12-13-22-21(24-20)23-18-14-17(26-2)10-11-19(18)27-3/h5-14H,4,15H2,1-3H3,(H,22,23,24). The van der Waals surface area contributed by atoms with Crippen molar-refractivity contribution in [3.8, 4) is 11.5 Å². The minimum atomic E-state index is 0.505. The van der Waals surface area contributed by atoms with Gasteiger partial charge in [-0.05, 0) is 30.7 Å². The van der Waals surface area contributed by atoms with E-state index in [-0.39, 0.29) is 0 Å². The highest BCUT2D eigenvalue weighted by Crippen LogP contribution is 2.31. The fraction of sp³-hybridized carbons (Fsp3) is 0.238.